The minimum Gasteiger partial charge on any atom is -0.477 e. The Hall–Kier alpha value is -2.73. The molecule has 1 aromatic carbocycles. The van der Waals surface area contributed by atoms with Crippen molar-refractivity contribution >= 4 is 18.0 Å². The van der Waals surface area contributed by atoms with Crippen LogP contribution in [0.5, 0.6) is 0 Å². The standard InChI is InChI=1S/C18H19NO5/c1-12-15(14(21)11-20)16(13-7-4-3-5-8-13)17(18(22)23)19(12)9-6-10-24-2/h3-5,7-8,11H,6,9-10H2,1-2H3,(H,22,23). The maximum Gasteiger partial charge on any atom is 0.353 e. The van der Waals surface area contributed by atoms with Crippen molar-refractivity contribution in [3.05, 3.63) is 47.3 Å². The van der Waals surface area contributed by atoms with Crippen molar-refractivity contribution in [1.29, 1.82) is 0 Å². The van der Waals surface area contributed by atoms with E-state index in [0.29, 0.717) is 30.8 Å². The lowest BCUT2D eigenvalue weighted by atomic mass is 9.98. The third-order valence-corrected chi connectivity index (χ3v) is 3.87. The third kappa shape index (κ3) is 3.28. The Morgan fingerprint density at radius 2 is 1.92 bits per heavy atom. The lowest BCUT2D eigenvalue weighted by Gasteiger charge is -2.09. The summed E-state index contributed by atoms with van der Waals surface area (Å²) in [6.07, 6.45) is 0.815. The monoisotopic (exact) mass is 329 g/mol. The normalized spacial score (nSPS) is 10.6. The summed E-state index contributed by atoms with van der Waals surface area (Å²) in [5.74, 6) is -1.86. The van der Waals surface area contributed by atoms with Gasteiger partial charge in [0, 0.05) is 31.5 Å². The smallest absolute Gasteiger partial charge is 0.353 e. The molecule has 6 heteroatoms. The van der Waals surface area contributed by atoms with Gasteiger partial charge >= 0.3 is 5.97 Å². The van der Waals surface area contributed by atoms with Gasteiger partial charge < -0.3 is 14.4 Å². The Balaban J connectivity index is 2.73. The summed E-state index contributed by atoms with van der Waals surface area (Å²) in [5, 5.41) is 9.70. The summed E-state index contributed by atoms with van der Waals surface area (Å²) in [4.78, 5) is 35.1. The lowest BCUT2D eigenvalue weighted by Crippen LogP contribution is -2.12. The number of rotatable bonds is 8. The molecule has 0 aliphatic heterocycles. The minimum atomic E-state index is -1.14. The number of aldehydes is 1. The Bertz CT molecular complexity index is 761. The highest BCUT2D eigenvalue weighted by atomic mass is 16.5. The van der Waals surface area contributed by atoms with Crippen LogP contribution in [0.4, 0.5) is 0 Å². The van der Waals surface area contributed by atoms with Gasteiger partial charge in [0.05, 0.1) is 5.56 Å². The van der Waals surface area contributed by atoms with Crippen LogP contribution in [-0.2, 0) is 16.1 Å². The van der Waals surface area contributed by atoms with E-state index in [2.05, 4.69) is 0 Å². The summed E-state index contributed by atoms with van der Waals surface area (Å²) >= 11 is 0. The van der Waals surface area contributed by atoms with Crippen LogP contribution >= 0.6 is 0 Å². The number of nitrogens with zero attached hydrogens (tertiary/aromatic N) is 1. The van der Waals surface area contributed by atoms with Gasteiger partial charge in [0.25, 0.3) is 0 Å². The van der Waals surface area contributed by atoms with Crippen LogP contribution < -0.4 is 0 Å². The molecule has 1 aromatic heterocycles. The molecule has 0 aliphatic carbocycles. The molecular formula is C18H19NO5. The molecule has 0 atom stereocenters. The zero-order valence-electron chi connectivity index (χ0n) is 13.6. The molecule has 0 unspecified atom stereocenters. The average molecular weight is 329 g/mol. The quantitative estimate of drug-likeness (QED) is 0.348. The van der Waals surface area contributed by atoms with Gasteiger partial charge in [-0.2, -0.15) is 0 Å². The topological polar surface area (TPSA) is 85.6 Å². The van der Waals surface area contributed by atoms with Crippen LogP contribution in [0.15, 0.2) is 30.3 Å². The number of ketones is 1. The van der Waals surface area contributed by atoms with Crippen LogP contribution in [-0.4, -0.2) is 41.4 Å². The van der Waals surface area contributed by atoms with Gasteiger partial charge in [-0.3, -0.25) is 9.59 Å². The SMILES string of the molecule is COCCCn1c(C)c(C(=O)C=O)c(-c2ccccc2)c1C(=O)O. The second-order valence-electron chi connectivity index (χ2n) is 5.34. The number of carboxylic acid groups (broad SMARTS) is 1. The van der Waals surface area contributed by atoms with Crippen molar-refractivity contribution in [1.82, 2.24) is 4.57 Å². The van der Waals surface area contributed by atoms with Crippen LogP contribution in [0.2, 0.25) is 0 Å². The van der Waals surface area contributed by atoms with E-state index >= 15 is 0 Å². The van der Waals surface area contributed by atoms with Crippen molar-refractivity contribution in [3.63, 3.8) is 0 Å². The van der Waals surface area contributed by atoms with Crippen LogP contribution in [0.25, 0.3) is 11.1 Å². The number of methoxy groups -OCH3 is 1. The molecule has 0 fully saturated rings. The molecule has 0 radical (unpaired) electrons. The van der Waals surface area contributed by atoms with E-state index in [1.54, 1.807) is 48.9 Å². The van der Waals surface area contributed by atoms with Gasteiger partial charge in [-0.1, -0.05) is 30.3 Å². The van der Waals surface area contributed by atoms with E-state index in [0.717, 1.165) is 0 Å². The highest BCUT2D eigenvalue weighted by molar-refractivity contribution is 6.36. The molecule has 24 heavy (non-hydrogen) atoms. The number of carboxylic acids is 1. The Labute approximate surface area is 139 Å². The van der Waals surface area contributed by atoms with E-state index in [1.165, 1.54) is 0 Å². The summed E-state index contributed by atoms with van der Waals surface area (Å²) in [5.41, 5.74) is 1.51. The first-order valence-electron chi connectivity index (χ1n) is 7.53. The second kappa shape index (κ2) is 7.70. The first kappa shape index (κ1) is 17.6. The molecule has 1 N–H and O–H groups in total. The van der Waals surface area contributed by atoms with Crippen molar-refractivity contribution in [2.75, 3.05) is 13.7 Å². The molecule has 0 amide bonds. The Morgan fingerprint density at radius 3 is 2.46 bits per heavy atom. The third-order valence-electron chi connectivity index (χ3n) is 3.87. The fourth-order valence-electron chi connectivity index (χ4n) is 2.85. The number of ether oxygens (including phenoxy) is 1. The van der Waals surface area contributed by atoms with E-state index in [-0.39, 0.29) is 23.1 Å². The first-order chi connectivity index (χ1) is 11.5. The molecule has 126 valence electrons. The predicted molar refractivity (Wildman–Crippen MR) is 88.5 cm³/mol. The molecule has 0 spiro atoms. The van der Waals surface area contributed by atoms with Gasteiger partial charge in [-0.15, -0.1) is 0 Å². The zero-order chi connectivity index (χ0) is 17.7. The van der Waals surface area contributed by atoms with Gasteiger partial charge in [0.1, 0.15) is 5.69 Å². The fourth-order valence-corrected chi connectivity index (χ4v) is 2.85. The van der Waals surface area contributed by atoms with Crippen LogP contribution in [0, 0.1) is 6.92 Å². The number of Topliss-reactive ketones (excluding diaryl/α,β-unsaturated/α-hetero) is 1. The second-order valence-corrected chi connectivity index (χ2v) is 5.34. The average Bonchev–Trinajstić information content (AvgIpc) is 2.88. The van der Waals surface area contributed by atoms with Crippen molar-refractivity contribution in [3.8, 4) is 11.1 Å². The largest absolute Gasteiger partial charge is 0.477 e. The summed E-state index contributed by atoms with van der Waals surface area (Å²) < 4.78 is 6.58. The van der Waals surface area contributed by atoms with Gasteiger partial charge in [-0.25, -0.2) is 4.79 Å². The highest BCUT2D eigenvalue weighted by Crippen LogP contribution is 2.33. The number of carbonyl (C=O) groups is 3. The van der Waals surface area contributed by atoms with Crippen molar-refractivity contribution in [2.45, 2.75) is 19.9 Å². The molecule has 2 rings (SSSR count). The van der Waals surface area contributed by atoms with Crippen LogP contribution in [0.1, 0.15) is 33.0 Å². The first-order valence-corrected chi connectivity index (χ1v) is 7.53. The van der Waals surface area contributed by atoms with Crippen LogP contribution in [0.3, 0.4) is 0 Å². The van der Waals surface area contributed by atoms with E-state index in [9.17, 15) is 19.5 Å². The minimum absolute atomic E-state index is 0.0139. The molecule has 0 saturated carbocycles. The number of hydrogen-bond acceptors (Lipinski definition) is 4. The van der Waals surface area contributed by atoms with E-state index in [4.69, 9.17) is 4.74 Å². The molecule has 0 aliphatic rings. The predicted octanol–water partition coefficient (Wildman–Crippen LogP) is 2.58. The number of benzene rings is 1. The maximum absolute atomic E-state index is 12.1. The molecule has 2 aromatic rings. The maximum atomic E-state index is 12.1. The number of hydrogen-bond donors (Lipinski definition) is 1. The van der Waals surface area contributed by atoms with Crippen molar-refractivity contribution in [2.24, 2.45) is 0 Å². The molecule has 6 nitrogen and oxygen atoms in total. The zero-order valence-corrected chi connectivity index (χ0v) is 13.6. The summed E-state index contributed by atoms with van der Waals surface area (Å²) in [7, 11) is 1.57. The summed E-state index contributed by atoms with van der Waals surface area (Å²) in [6, 6.07) is 8.76. The highest BCUT2D eigenvalue weighted by Gasteiger charge is 2.29. The van der Waals surface area contributed by atoms with Gasteiger partial charge in [0.2, 0.25) is 5.78 Å². The number of aromatic nitrogens is 1. The Morgan fingerprint density at radius 1 is 1.25 bits per heavy atom. The van der Waals surface area contributed by atoms with Gasteiger partial charge in [-0.05, 0) is 18.9 Å². The molecule has 0 bridgehead atoms. The van der Waals surface area contributed by atoms with E-state index < -0.39 is 11.8 Å². The molecule has 1 heterocycles. The van der Waals surface area contributed by atoms with E-state index in [1.807, 2.05) is 0 Å². The lowest BCUT2D eigenvalue weighted by molar-refractivity contribution is -0.104. The number of aromatic carboxylic acids is 1. The van der Waals surface area contributed by atoms with Gasteiger partial charge in [0.15, 0.2) is 6.29 Å². The Kier molecular flexibility index (Phi) is 5.65. The molecular weight excluding hydrogens is 310 g/mol. The number of carbonyl (C=O) groups excluding carboxylic acids is 2. The molecule has 0 saturated heterocycles. The fraction of sp³-hybridized carbons (Fsp3) is 0.278. The van der Waals surface area contributed by atoms with Crippen molar-refractivity contribution < 1.29 is 24.2 Å². The summed E-state index contributed by atoms with van der Waals surface area (Å²) in [6.45, 7) is 2.50.